The molecule has 162 valence electrons. The Kier molecular flexibility index (Phi) is 8.22. The SMILES string of the molecule is CC(C)(C)OC(=O)N[C@@H](CC(=O)OCc1ccccc1)CC(=O)N1CCC[C@H]1C#N. The van der Waals surface area contributed by atoms with Gasteiger partial charge in [-0.15, -0.1) is 0 Å². The Balaban J connectivity index is 1.98. The van der Waals surface area contributed by atoms with Crippen LogP contribution in [0, 0.1) is 11.3 Å². The lowest BCUT2D eigenvalue weighted by molar-refractivity contribution is -0.145. The maximum Gasteiger partial charge on any atom is 0.407 e. The number of nitrogens with zero attached hydrogens (tertiary/aromatic N) is 2. The number of nitriles is 1. The topological polar surface area (TPSA) is 109 Å². The molecule has 30 heavy (non-hydrogen) atoms. The Morgan fingerprint density at radius 1 is 1.23 bits per heavy atom. The van der Waals surface area contributed by atoms with Crippen molar-refractivity contribution in [2.24, 2.45) is 0 Å². The first-order chi connectivity index (χ1) is 14.2. The van der Waals surface area contributed by atoms with E-state index in [-0.39, 0.29) is 25.4 Å². The van der Waals surface area contributed by atoms with Crippen molar-refractivity contribution in [3.05, 3.63) is 35.9 Å². The van der Waals surface area contributed by atoms with Gasteiger partial charge in [0.05, 0.1) is 18.5 Å². The second kappa shape index (κ2) is 10.6. The van der Waals surface area contributed by atoms with Gasteiger partial charge in [-0.3, -0.25) is 9.59 Å². The molecule has 8 nitrogen and oxygen atoms in total. The summed E-state index contributed by atoms with van der Waals surface area (Å²) >= 11 is 0. The molecule has 0 bridgehead atoms. The van der Waals surface area contributed by atoms with Gasteiger partial charge in [0.1, 0.15) is 18.2 Å². The number of carbonyl (C=O) groups is 3. The summed E-state index contributed by atoms with van der Waals surface area (Å²) in [7, 11) is 0. The van der Waals surface area contributed by atoms with Crippen molar-refractivity contribution in [3.8, 4) is 6.07 Å². The third kappa shape index (κ3) is 7.74. The van der Waals surface area contributed by atoms with E-state index in [0.717, 1.165) is 12.0 Å². The number of amides is 2. The molecule has 2 amide bonds. The fourth-order valence-corrected chi connectivity index (χ4v) is 3.17. The van der Waals surface area contributed by atoms with Gasteiger partial charge in [-0.05, 0) is 39.2 Å². The van der Waals surface area contributed by atoms with Gasteiger partial charge in [-0.25, -0.2) is 4.79 Å². The maximum atomic E-state index is 12.7. The monoisotopic (exact) mass is 415 g/mol. The average molecular weight is 415 g/mol. The molecular formula is C22H29N3O5. The third-order valence-electron chi connectivity index (χ3n) is 4.52. The molecule has 1 heterocycles. The van der Waals surface area contributed by atoms with E-state index in [2.05, 4.69) is 11.4 Å². The van der Waals surface area contributed by atoms with E-state index in [0.29, 0.717) is 13.0 Å². The first-order valence-electron chi connectivity index (χ1n) is 10.1. The Morgan fingerprint density at radius 2 is 1.93 bits per heavy atom. The zero-order valence-electron chi connectivity index (χ0n) is 17.7. The number of carbonyl (C=O) groups excluding carboxylic acids is 3. The van der Waals surface area contributed by atoms with Gasteiger partial charge in [0, 0.05) is 13.0 Å². The Hall–Kier alpha value is -3.08. The van der Waals surface area contributed by atoms with Gasteiger partial charge in [0.2, 0.25) is 5.91 Å². The molecule has 1 fully saturated rings. The van der Waals surface area contributed by atoms with Crippen LogP contribution in [0.2, 0.25) is 0 Å². The molecule has 0 aromatic heterocycles. The highest BCUT2D eigenvalue weighted by Gasteiger charge is 2.31. The molecule has 1 aliphatic rings. The highest BCUT2D eigenvalue weighted by molar-refractivity contribution is 5.80. The molecule has 1 saturated heterocycles. The molecule has 0 aliphatic carbocycles. The molecule has 1 aliphatic heterocycles. The highest BCUT2D eigenvalue weighted by Crippen LogP contribution is 2.19. The van der Waals surface area contributed by atoms with Crippen molar-refractivity contribution < 1.29 is 23.9 Å². The second-order valence-corrected chi connectivity index (χ2v) is 8.27. The number of esters is 1. The lowest BCUT2D eigenvalue weighted by atomic mass is 10.1. The van der Waals surface area contributed by atoms with E-state index in [1.165, 1.54) is 4.90 Å². The van der Waals surface area contributed by atoms with Crippen LogP contribution in [0.3, 0.4) is 0 Å². The smallest absolute Gasteiger partial charge is 0.407 e. The number of benzene rings is 1. The van der Waals surface area contributed by atoms with E-state index in [1.54, 1.807) is 20.8 Å². The van der Waals surface area contributed by atoms with E-state index < -0.39 is 29.7 Å². The summed E-state index contributed by atoms with van der Waals surface area (Å²) in [5.41, 5.74) is 0.125. The number of rotatable bonds is 7. The molecule has 0 radical (unpaired) electrons. The summed E-state index contributed by atoms with van der Waals surface area (Å²) < 4.78 is 10.5. The molecule has 8 heteroatoms. The first-order valence-corrected chi connectivity index (χ1v) is 10.1. The lowest BCUT2D eigenvalue weighted by Gasteiger charge is -2.25. The van der Waals surface area contributed by atoms with Crippen molar-refractivity contribution >= 4 is 18.0 Å². The molecule has 1 aromatic rings. The van der Waals surface area contributed by atoms with Crippen LogP contribution in [0.5, 0.6) is 0 Å². The quantitative estimate of drug-likeness (QED) is 0.686. The number of hydrogen-bond acceptors (Lipinski definition) is 6. The van der Waals surface area contributed by atoms with E-state index in [1.807, 2.05) is 30.3 Å². The van der Waals surface area contributed by atoms with Gasteiger partial charge >= 0.3 is 12.1 Å². The standard InChI is InChI=1S/C22H29N3O5/c1-22(2,3)30-21(28)24-17(12-19(26)25-11-7-10-18(25)14-23)13-20(27)29-15-16-8-5-4-6-9-16/h4-6,8-9,17-18H,7,10-13,15H2,1-3H3,(H,24,28)/t17-,18+/m1/s1. The fraction of sp³-hybridized carbons (Fsp3) is 0.545. The Morgan fingerprint density at radius 3 is 2.57 bits per heavy atom. The summed E-state index contributed by atoms with van der Waals surface area (Å²) in [5.74, 6) is -0.818. The predicted molar refractivity (Wildman–Crippen MR) is 109 cm³/mol. The predicted octanol–water partition coefficient (Wildman–Crippen LogP) is 2.92. The normalized spacial score (nSPS) is 17.0. The minimum absolute atomic E-state index is 0.107. The van der Waals surface area contributed by atoms with E-state index >= 15 is 0 Å². The van der Waals surface area contributed by atoms with Crippen LogP contribution < -0.4 is 5.32 Å². The minimum atomic E-state index is -0.796. The number of likely N-dealkylation sites (tertiary alicyclic amines) is 1. The van der Waals surface area contributed by atoms with Crippen LogP contribution in [-0.4, -0.2) is 47.1 Å². The van der Waals surface area contributed by atoms with Crippen molar-refractivity contribution in [1.82, 2.24) is 10.2 Å². The first kappa shape index (κ1) is 23.2. The lowest BCUT2D eigenvalue weighted by Crippen LogP contribution is -2.44. The van der Waals surface area contributed by atoms with Crippen LogP contribution in [-0.2, 0) is 25.7 Å². The number of hydrogen-bond donors (Lipinski definition) is 1. The molecule has 1 aromatic carbocycles. The number of nitrogens with one attached hydrogen (secondary N) is 1. The summed E-state index contributed by atoms with van der Waals surface area (Å²) in [6, 6.07) is 10.1. The average Bonchev–Trinajstić information content (AvgIpc) is 3.14. The minimum Gasteiger partial charge on any atom is -0.461 e. The summed E-state index contributed by atoms with van der Waals surface area (Å²) in [5, 5.41) is 11.8. The molecule has 0 saturated carbocycles. The molecule has 0 unspecified atom stereocenters. The van der Waals surface area contributed by atoms with Gasteiger partial charge < -0.3 is 19.7 Å². The number of alkyl carbamates (subject to hydrolysis) is 1. The van der Waals surface area contributed by atoms with E-state index in [9.17, 15) is 19.6 Å². The fourth-order valence-electron chi connectivity index (χ4n) is 3.17. The van der Waals surface area contributed by atoms with Crippen molar-refractivity contribution in [2.45, 2.75) is 70.7 Å². The van der Waals surface area contributed by atoms with Crippen LogP contribution in [0.25, 0.3) is 0 Å². The zero-order chi connectivity index (χ0) is 22.1. The molecule has 1 N–H and O–H groups in total. The van der Waals surface area contributed by atoms with Crippen molar-refractivity contribution in [1.29, 1.82) is 5.26 Å². The highest BCUT2D eigenvalue weighted by atomic mass is 16.6. The largest absolute Gasteiger partial charge is 0.461 e. The van der Waals surface area contributed by atoms with Gasteiger partial charge in [0.15, 0.2) is 0 Å². The van der Waals surface area contributed by atoms with Gasteiger partial charge in [0.25, 0.3) is 0 Å². The summed E-state index contributed by atoms with van der Waals surface area (Å²) in [4.78, 5) is 38.7. The molecular weight excluding hydrogens is 386 g/mol. The molecule has 0 spiro atoms. The van der Waals surface area contributed by atoms with Crippen molar-refractivity contribution in [3.63, 3.8) is 0 Å². The van der Waals surface area contributed by atoms with Crippen LogP contribution >= 0.6 is 0 Å². The Labute approximate surface area is 177 Å². The van der Waals surface area contributed by atoms with Gasteiger partial charge in [-0.1, -0.05) is 30.3 Å². The van der Waals surface area contributed by atoms with E-state index in [4.69, 9.17) is 9.47 Å². The molecule has 2 rings (SSSR count). The summed E-state index contributed by atoms with van der Waals surface area (Å²) in [6.45, 7) is 5.78. The second-order valence-electron chi connectivity index (χ2n) is 8.27. The van der Waals surface area contributed by atoms with Crippen LogP contribution in [0.4, 0.5) is 4.79 Å². The van der Waals surface area contributed by atoms with Gasteiger partial charge in [-0.2, -0.15) is 5.26 Å². The summed E-state index contributed by atoms with van der Waals surface area (Å²) in [6.07, 6.45) is 0.383. The van der Waals surface area contributed by atoms with Crippen LogP contribution in [0.1, 0.15) is 52.0 Å². The number of ether oxygens (including phenoxy) is 2. The van der Waals surface area contributed by atoms with Crippen molar-refractivity contribution in [2.75, 3.05) is 6.54 Å². The third-order valence-corrected chi connectivity index (χ3v) is 4.52. The zero-order valence-corrected chi connectivity index (χ0v) is 17.7. The molecule has 2 atom stereocenters. The Bertz CT molecular complexity index is 782. The maximum absolute atomic E-state index is 12.7. The van der Waals surface area contributed by atoms with Crippen LogP contribution in [0.15, 0.2) is 30.3 Å².